The quantitative estimate of drug-likeness (QED) is 0.755. The summed E-state index contributed by atoms with van der Waals surface area (Å²) in [6, 6.07) is 13.6. The lowest BCUT2D eigenvalue weighted by Gasteiger charge is -2.24. The van der Waals surface area contributed by atoms with Crippen LogP contribution in [0.5, 0.6) is 0 Å². The second-order valence-corrected chi connectivity index (χ2v) is 9.53. The van der Waals surface area contributed by atoms with Crippen LogP contribution < -0.4 is 14.5 Å². The summed E-state index contributed by atoms with van der Waals surface area (Å²) in [5.41, 5.74) is 4.56. The summed E-state index contributed by atoms with van der Waals surface area (Å²) in [5.74, 6) is -0.333. The van der Waals surface area contributed by atoms with Crippen LogP contribution in [0.25, 0.3) is 0 Å². The summed E-state index contributed by atoms with van der Waals surface area (Å²) in [6.45, 7) is 6.10. The van der Waals surface area contributed by atoms with Crippen LogP contribution in [0.2, 0.25) is 0 Å². The van der Waals surface area contributed by atoms with Crippen LogP contribution in [0.15, 0.2) is 42.5 Å². The van der Waals surface area contributed by atoms with Gasteiger partial charge in [-0.05, 0) is 61.6 Å². The number of benzene rings is 2. The Morgan fingerprint density at radius 3 is 2.34 bits per heavy atom. The van der Waals surface area contributed by atoms with Crippen molar-refractivity contribution in [2.75, 3.05) is 35.1 Å². The molecule has 0 aromatic heterocycles. The first-order chi connectivity index (χ1) is 13.8. The molecule has 1 saturated heterocycles. The van der Waals surface area contributed by atoms with E-state index in [4.69, 9.17) is 0 Å². The molecule has 7 heteroatoms. The number of nitrogens with one attached hydrogen (secondary N) is 1. The van der Waals surface area contributed by atoms with Gasteiger partial charge in [0.05, 0.1) is 11.9 Å². The number of amides is 1. The fourth-order valence-electron chi connectivity index (χ4n) is 3.57. The smallest absolute Gasteiger partial charge is 0.241 e. The predicted molar refractivity (Wildman–Crippen MR) is 118 cm³/mol. The van der Waals surface area contributed by atoms with E-state index in [1.807, 2.05) is 32.0 Å². The highest BCUT2D eigenvalue weighted by atomic mass is 32.2. The third-order valence-corrected chi connectivity index (χ3v) is 6.56. The third-order valence-electron chi connectivity index (χ3n) is 5.43. The van der Waals surface area contributed by atoms with Gasteiger partial charge in [0.2, 0.25) is 15.9 Å². The number of aryl methyl sites for hydroxylation is 1. The minimum absolute atomic E-state index is 0.241. The molecule has 156 valence electrons. The number of carbonyl (C=O) groups is 1. The minimum Gasteiger partial charge on any atom is -0.372 e. The van der Waals surface area contributed by atoms with Crippen molar-refractivity contribution >= 4 is 27.3 Å². The van der Waals surface area contributed by atoms with E-state index < -0.39 is 10.0 Å². The van der Waals surface area contributed by atoms with Crippen molar-refractivity contribution in [3.63, 3.8) is 0 Å². The highest BCUT2D eigenvalue weighted by Crippen LogP contribution is 2.25. The van der Waals surface area contributed by atoms with Crippen molar-refractivity contribution in [3.8, 4) is 0 Å². The average Bonchev–Trinajstić information content (AvgIpc) is 3.21. The maximum Gasteiger partial charge on any atom is 0.241 e. The van der Waals surface area contributed by atoms with Crippen molar-refractivity contribution in [1.82, 2.24) is 5.32 Å². The van der Waals surface area contributed by atoms with Crippen LogP contribution in [0.1, 0.15) is 29.5 Å². The van der Waals surface area contributed by atoms with Gasteiger partial charge in [0.25, 0.3) is 0 Å². The maximum atomic E-state index is 12.5. The monoisotopic (exact) mass is 415 g/mol. The second-order valence-electron chi connectivity index (χ2n) is 7.63. The van der Waals surface area contributed by atoms with Gasteiger partial charge in [0, 0.05) is 25.3 Å². The van der Waals surface area contributed by atoms with Gasteiger partial charge in [0.1, 0.15) is 6.54 Å². The molecule has 29 heavy (non-hydrogen) atoms. The second kappa shape index (κ2) is 8.86. The van der Waals surface area contributed by atoms with Crippen LogP contribution in [-0.4, -0.2) is 40.2 Å². The summed E-state index contributed by atoms with van der Waals surface area (Å²) < 4.78 is 25.8. The molecule has 0 bridgehead atoms. The highest BCUT2D eigenvalue weighted by molar-refractivity contribution is 7.92. The number of carbonyl (C=O) groups excluding carboxylic acids is 1. The number of nitrogens with zero attached hydrogens (tertiary/aromatic N) is 2. The Balaban J connectivity index is 1.64. The molecule has 1 amide bonds. The van der Waals surface area contributed by atoms with Gasteiger partial charge in [-0.2, -0.15) is 0 Å². The van der Waals surface area contributed by atoms with E-state index in [0.29, 0.717) is 12.2 Å². The van der Waals surface area contributed by atoms with Gasteiger partial charge in [-0.1, -0.05) is 24.3 Å². The van der Waals surface area contributed by atoms with Crippen LogP contribution >= 0.6 is 0 Å². The first kappa shape index (κ1) is 21.2. The molecule has 1 fully saturated rings. The minimum atomic E-state index is -3.58. The molecule has 6 nitrogen and oxygen atoms in total. The highest BCUT2D eigenvalue weighted by Gasteiger charge is 2.22. The molecule has 0 spiro atoms. The molecule has 0 aliphatic carbocycles. The summed E-state index contributed by atoms with van der Waals surface area (Å²) in [4.78, 5) is 14.9. The molecule has 1 aliphatic heterocycles. The van der Waals surface area contributed by atoms with Gasteiger partial charge in [0.15, 0.2) is 0 Å². The van der Waals surface area contributed by atoms with E-state index >= 15 is 0 Å². The standard InChI is InChI=1S/C22H29N3O3S/c1-17-7-6-8-21(18(17)2)25(29(3,27)28)16-22(26)23-15-19-9-11-20(12-10-19)24-13-4-5-14-24/h6-12H,4-5,13-16H2,1-3H3,(H,23,26). The van der Waals surface area contributed by atoms with Gasteiger partial charge >= 0.3 is 0 Å². The van der Waals surface area contributed by atoms with Crippen molar-refractivity contribution in [2.45, 2.75) is 33.2 Å². The molecule has 0 atom stereocenters. The van der Waals surface area contributed by atoms with Gasteiger partial charge < -0.3 is 10.2 Å². The Hall–Kier alpha value is -2.54. The summed E-state index contributed by atoms with van der Waals surface area (Å²) in [6.07, 6.45) is 3.59. The van der Waals surface area contributed by atoms with E-state index in [1.54, 1.807) is 12.1 Å². The van der Waals surface area contributed by atoms with Crippen molar-refractivity contribution < 1.29 is 13.2 Å². The zero-order valence-corrected chi connectivity index (χ0v) is 18.1. The summed E-state index contributed by atoms with van der Waals surface area (Å²) in [5, 5.41) is 2.84. The molecule has 1 heterocycles. The largest absolute Gasteiger partial charge is 0.372 e. The molecular weight excluding hydrogens is 386 g/mol. The molecule has 2 aromatic rings. The molecule has 3 rings (SSSR count). The lowest BCUT2D eigenvalue weighted by molar-refractivity contribution is -0.119. The molecular formula is C22H29N3O3S. The Morgan fingerprint density at radius 2 is 1.72 bits per heavy atom. The molecule has 2 aromatic carbocycles. The number of sulfonamides is 1. The van der Waals surface area contributed by atoms with Gasteiger partial charge in [-0.3, -0.25) is 9.10 Å². The fraction of sp³-hybridized carbons (Fsp3) is 0.409. The van der Waals surface area contributed by atoms with Crippen LogP contribution in [0.3, 0.4) is 0 Å². The Kier molecular flexibility index (Phi) is 6.47. The summed E-state index contributed by atoms with van der Waals surface area (Å²) >= 11 is 0. The average molecular weight is 416 g/mol. The molecule has 1 aliphatic rings. The van der Waals surface area contributed by atoms with E-state index in [1.165, 1.54) is 22.8 Å². The Bertz CT molecular complexity index is 965. The lowest BCUT2D eigenvalue weighted by atomic mass is 10.1. The van der Waals surface area contributed by atoms with Gasteiger partial charge in [-0.15, -0.1) is 0 Å². The first-order valence-electron chi connectivity index (χ1n) is 9.90. The third kappa shape index (κ3) is 5.29. The number of anilines is 2. The SMILES string of the molecule is Cc1cccc(N(CC(=O)NCc2ccc(N3CCCC3)cc2)S(C)(=O)=O)c1C. The zero-order valence-electron chi connectivity index (χ0n) is 17.3. The van der Waals surface area contributed by atoms with Crippen molar-refractivity contribution in [3.05, 3.63) is 59.2 Å². The van der Waals surface area contributed by atoms with Crippen LogP contribution in [0.4, 0.5) is 11.4 Å². The maximum absolute atomic E-state index is 12.5. The number of hydrogen-bond donors (Lipinski definition) is 1. The van der Waals surface area contributed by atoms with Crippen LogP contribution in [0, 0.1) is 13.8 Å². The van der Waals surface area contributed by atoms with Gasteiger partial charge in [-0.25, -0.2) is 8.42 Å². The first-order valence-corrected chi connectivity index (χ1v) is 11.7. The van der Waals surface area contributed by atoms with Crippen molar-refractivity contribution in [1.29, 1.82) is 0 Å². The zero-order chi connectivity index (χ0) is 21.0. The Morgan fingerprint density at radius 1 is 1.07 bits per heavy atom. The number of rotatable bonds is 7. The Labute approximate surface area is 173 Å². The molecule has 1 N–H and O–H groups in total. The topological polar surface area (TPSA) is 69.7 Å². The molecule has 0 unspecified atom stereocenters. The van der Waals surface area contributed by atoms with Crippen LogP contribution in [-0.2, 0) is 21.4 Å². The summed E-state index contributed by atoms with van der Waals surface area (Å²) in [7, 11) is -3.58. The molecule has 0 saturated carbocycles. The van der Waals surface area contributed by atoms with E-state index in [-0.39, 0.29) is 12.5 Å². The predicted octanol–water partition coefficient (Wildman–Crippen LogP) is 2.99. The normalized spacial score (nSPS) is 14.1. The number of hydrogen-bond acceptors (Lipinski definition) is 4. The van der Waals surface area contributed by atoms with E-state index in [0.717, 1.165) is 36.0 Å². The van der Waals surface area contributed by atoms with E-state index in [9.17, 15) is 13.2 Å². The van der Waals surface area contributed by atoms with Crippen molar-refractivity contribution in [2.24, 2.45) is 0 Å². The lowest BCUT2D eigenvalue weighted by Crippen LogP contribution is -2.40. The molecule has 0 radical (unpaired) electrons. The fourth-order valence-corrected chi connectivity index (χ4v) is 4.48. The van der Waals surface area contributed by atoms with E-state index in [2.05, 4.69) is 22.3 Å².